The highest BCUT2D eigenvalue weighted by molar-refractivity contribution is 7.89. The number of methoxy groups -OCH3 is 1. The van der Waals surface area contributed by atoms with Gasteiger partial charge in [-0.15, -0.1) is 16.4 Å². The Labute approximate surface area is 225 Å². The first-order valence-electron chi connectivity index (χ1n) is 11.2. The summed E-state index contributed by atoms with van der Waals surface area (Å²) in [7, 11) is -1.83. The summed E-state index contributed by atoms with van der Waals surface area (Å²) in [6, 6.07) is 17.5. The maximum atomic E-state index is 13.3. The molecule has 2 aromatic carbocycles. The molecule has 4 aromatic rings. The normalized spacial score (nSPS) is 12.0. The molecular formula is C25H21F3N4O5S2. The minimum Gasteiger partial charge on any atom is -0.497 e. The Balaban J connectivity index is 1.56. The lowest BCUT2D eigenvalue weighted by Crippen LogP contribution is -2.20. The molecule has 1 amide bonds. The number of rotatable bonds is 9. The van der Waals surface area contributed by atoms with E-state index in [1.165, 1.54) is 13.2 Å². The Morgan fingerprint density at radius 3 is 2.54 bits per heavy atom. The Morgan fingerprint density at radius 2 is 1.87 bits per heavy atom. The first-order chi connectivity index (χ1) is 18.5. The van der Waals surface area contributed by atoms with Crippen molar-refractivity contribution in [2.45, 2.75) is 16.8 Å². The molecule has 14 heteroatoms. The van der Waals surface area contributed by atoms with Crippen molar-refractivity contribution >= 4 is 33.8 Å². The van der Waals surface area contributed by atoms with Crippen molar-refractivity contribution in [2.24, 2.45) is 12.1 Å². The molecule has 0 fully saturated rings. The number of benzene rings is 2. The summed E-state index contributed by atoms with van der Waals surface area (Å²) < 4.78 is 76.4. The highest BCUT2D eigenvalue weighted by Crippen LogP contribution is 2.41. The summed E-state index contributed by atoms with van der Waals surface area (Å²) in [5, 5.41) is 7.44. The number of thiophene rings is 1. The summed E-state index contributed by atoms with van der Waals surface area (Å²) in [4.78, 5) is 12.3. The van der Waals surface area contributed by atoms with Gasteiger partial charge in [-0.25, -0.2) is 5.43 Å². The van der Waals surface area contributed by atoms with Gasteiger partial charge in [0, 0.05) is 12.6 Å². The number of aryl methyl sites for hydroxylation is 1. The quantitative estimate of drug-likeness (QED) is 0.132. The minimum absolute atomic E-state index is 0.0439. The van der Waals surface area contributed by atoms with E-state index in [0.29, 0.717) is 39.3 Å². The second-order valence-electron chi connectivity index (χ2n) is 8.06. The van der Waals surface area contributed by atoms with E-state index in [9.17, 15) is 26.4 Å². The number of carbonyl (C=O) groups is 1. The van der Waals surface area contributed by atoms with E-state index < -0.39 is 27.9 Å². The van der Waals surface area contributed by atoms with E-state index in [0.717, 1.165) is 13.1 Å². The van der Waals surface area contributed by atoms with Gasteiger partial charge in [0.25, 0.3) is 0 Å². The van der Waals surface area contributed by atoms with Crippen LogP contribution in [0.1, 0.15) is 11.3 Å². The molecule has 9 nitrogen and oxygen atoms in total. The predicted octanol–water partition coefficient (Wildman–Crippen LogP) is 4.85. The molecule has 39 heavy (non-hydrogen) atoms. The zero-order valence-corrected chi connectivity index (χ0v) is 22.1. The second kappa shape index (κ2) is 11.3. The van der Waals surface area contributed by atoms with Crippen LogP contribution in [0.3, 0.4) is 0 Å². The molecular weight excluding hydrogens is 557 g/mol. The van der Waals surface area contributed by atoms with Crippen molar-refractivity contribution in [3.8, 4) is 27.4 Å². The van der Waals surface area contributed by atoms with E-state index in [1.54, 1.807) is 54.6 Å². The van der Waals surface area contributed by atoms with Gasteiger partial charge in [0.15, 0.2) is 4.21 Å². The van der Waals surface area contributed by atoms with Crippen LogP contribution in [0.4, 0.5) is 13.2 Å². The number of amides is 1. The van der Waals surface area contributed by atoms with Crippen LogP contribution in [-0.4, -0.2) is 37.6 Å². The number of hydrogen-bond donors (Lipinski definition) is 1. The fourth-order valence-electron chi connectivity index (χ4n) is 3.59. The Hall–Kier alpha value is -4.17. The number of carbonyl (C=O) groups excluding carboxylic acids is 1. The molecule has 0 bridgehead atoms. The average Bonchev–Trinajstić information content (AvgIpc) is 3.52. The van der Waals surface area contributed by atoms with Crippen LogP contribution in [0, 0.1) is 0 Å². The number of nitrogens with one attached hydrogen (secondary N) is 1. The summed E-state index contributed by atoms with van der Waals surface area (Å²) in [5.41, 5.74) is 2.51. The summed E-state index contributed by atoms with van der Waals surface area (Å²) in [5.74, 6) is 0.0441. The number of hydrazone groups is 1. The maximum Gasteiger partial charge on any atom is 0.433 e. The number of hydrogen-bond acceptors (Lipinski definition) is 8. The van der Waals surface area contributed by atoms with Gasteiger partial charge in [-0.2, -0.15) is 26.7 Å². The first kappa shape index (κ1) is 27.9. The zero-order chi connectivity index (χ0) is 28.2. The molecule has 0 aliphatic carbocycles. The first-order valence-corrected chi connectivity index (χ1v) is 13.4. The number of nitrogens with zero attached hydrogens (tertiary/aromatic N) is 3. The monoisotopic (exact) mass is 578 g/mol. The Morgan fingerprint density at radius 1 is 1.13 bits per heavy atom. The van der Waals surface area contributed by atoms with Crippen LogP contribution in [0.5, 0.6) is 5.75 Å². The standard InChI is InChI=1S/C25H21F3N4O5S2/c1-32-22(25(26,27)28)14-20(31-32)21-13-19(17-8-4-3-5-9-17)24(38-21)39(34,35)37-15-29-30-23(33)12-16-7-6-10-18(11-16)36-2/h3-11,13-15H,12H2,1-2H3,(H,30,33). The van der Waals surface area contributed by atoms with E-state index in [4.69, 9.17) is 8.92 Å². The summed E-state index contributed by atoms with van der Waals surface area (Å²) in [6.07, 6.45) is -4.11. The Bertz CT molecular complexity index is 1610. The van der Waals surface area contributed by atoms with Crippen molar-refractivity contribution in [3.05, 3.63) is 78.0 Å². The third-order valence-electron chi connectivity index (χ3n) is 5.34. The van der Waals surface area contributed by atoms with Gasteiger partial charge in [0.1, 0.15) is 17.1 Å². The van der Waals surface area contributed by atoms with Gasteiger partial charge in [-0.05, 0) is 35.4 Å². The summed E-state index contributed by atoms with van der Waals surface area (Å²) >= 11 is 0.700. The third kappa shape index (κ3) is 6.64. The van der Waals surface area contributed by atoms with Gasteiger partial charge in [-0.1, -0.05) is 42.5 Å². The van der Waals surface area contributed by atoms with Gasteiger partial charge in [-0.3, -0.25) is 9.48 Å². The van der Waals surface area contributed by atoms with Gasteiger partial charge in [0.05, 0.1) is 18.4 Å². The van der Waals surface area contributed by atoms with E-state index in [-0.39, 0.29) is 26.8 Å². The van der Waals surface area contributed by atoms with Crippen LogP contribution in [0.2, 0.25) is 0 Å². The van der Waals surface area contributed by atoms with Crippen LogP contribution in [-0.2, 0) is 38.7 Å². The molecule has 0 aliphatic rings. The van der Waals surface area contributed by atoms with Crippen molar-refractivity contribution in [2.75, 3.05) is 7.11 Å². The highest BCUT2D eigenvalue weighted by Gasteiger charge is 2.35. The third-order valence-corrected chi connectivity index (χ3v) is 8.17. The molecule has 0 unspecified atom stereocenters. The zero-order valence-electron chi connectivity index (χ0n) is 20.5. The van der Waals surface area contributed by atoms with Crippen molar-refractivity contribution in [1.29, 1.82) is 0 Å². The fourth-order valence-corrected chi connectivity index (χ4v) is 5.94. The topological polar surface area (TPSA) is 112 Å². The van der Waals surface area contributed by atoms with Crippen molar-refractivity contribution < 1.29 is 35.3 Å². The number of aromatic nitrogens is 2. The number of halogens is 3. The summed E-state index contributed by atoms with van der Waals surface area (Å²) in [6.45, 7) is 0. The number of alkyl halides is 3. The molecule has 2 heterocycles. The largest absolute Gasteiger partial charge is 0.497 e. The SMILES string of the molecule is COc1cccc(CC(=O)NN=COS(=O)(=O)c2sc(-c3cc(C(F)(F)F)n(C)n3)cc2-c2ccccc2)c1. The molecule has 2 aromatic heterocycles. The molecule has 0 aliphatic heterocycles. The molecule has 1 N–H and O–H groups in total. The lowest BCUT2D eigenvalue weighted by atomic mass is 10.1. The van der Waals surface area contributed by atoms with Gasteiger partial charge < -0.3 is 8.92 Å². The van der Waals surface area contributed by atoms with Gasteiger partial charge in [0.2, 0.25) is 12.3 Å². The highest BCUT2D eigenvalue weighted by atomic mass is 32.3. The molecule has 0 spiro atoms. The van der Waals surface area contributed by atoms with Gasteiger partial charge >= 0.3 is 16.3 Å². The van der Waals surface area contributed by atoms with Crippen molar-refractivity contribution in [3.63, 3.8) is 0 Å². The smallest absolute Gasteiger partial charge is 0.433 e. The maximum absolute atomic E-state index is 13.3. The van der Waals surface area contributed by atoms with Crippen LogP contribution < -0.4 is 10.2 Å². The molecule has 0 saturated carbocycles. The lowest BCUT2D eigenvalue weighted by Gasteiger charge is -2.05. The lowest BCUT2D eigenvalue weighted by molar-refractivity contribution is -0.143. The second-order valence-corrected chi connectivity index (χ2v) is 10.9. The van der Waals surface area contributed by atoms with Crippen molar-refractivity contribution in [1.82, 2.24) is 15.2 Å². The van der Waals surface area contributed by atoms with Crippen LogP contribution in [0.25, 0.3) is 21.7 Å². The van der Waals surface area contributed by atoms with E-state index in [1.807, 2.05) is 0 Å². The van der Waals surface area contributed by atoms with E-state index >= 15 is 0 Å². The van der Waals surface area contributed by atoms with E-state index in [2.05, 4.69) is 15.6 Å². The van der Waals surface area contributed by atoms with Crippen LogP contribution >= 0.6 is 11.3 Å². The molecule has 0 saturated heterocycles. The Kier molecular flexibility index (Phi) is 8.06. The molecule has 4 rings (SSSR count). The van der Waals surface area contributed by atoms with Crippen LogP contribution in [0.15, 0.2) is 76.0 Å². The number of ether oxygens (including phenoxy) is 1. The minimum atomic E-state index is -4.63. The molecule has 0 atom stereocenters. The predicted molar refractivity (Wildman–Crippen MR) is 139 cm³/mol. The molecule has 204 valence electrons. The molecule has 0 radical (unpaired) electrons. The average molecular weight is 579 g/mol. The fraction of sp³-hybridized carbons (Fsp3) is 0.160.